The van der Waals surface area contributed by atoms with Gasteiger partial charge in [-0.2, -0.15) is 0 Å². The van der Waals surface area contributed by atoms with Crippen LogP contribution in [0.15, 0.2) is 0 Å². The molecule has 0 heterocycles. The summed E-state index contributed by atoms with van der Waals surface area (Å²) >= 11 is 2.11. The maximum absolute atomic E-state index is 4.66. The molecule has 1 unspecified atom stereocenters. The summed E-state index contributed by atoms with van der Waals surface area (Å²) in [4.78, 5) is 0. The van der Waals surface area contributed by atoms with Crippen LogP contribution in [0.3, 0.4) is 0 Å². The molecule has 6 heavy (non-hydrogen) atoms. The van der Waals surface area contributed by atoms with E-state index in [2.05, 4.69) is 25.1 Å². The van der Waals surface area contributed by atoms with Gasteiger partial charge in [-0.25, -0.2) is 0 Å². The SMILES string of the molecule is COC(C)[O][Al+2]. The molecule has 0 amide bonds. The van der Waals surface area contributed by atoms with Gasteiger partial charge in [0.2, 0.25) is 0 Å². The molecule has 0 saturated carbocycles. The van der Waals surface area contributed by atoms with Crippen LogP contribution < -0.4 is 0 Å². The molecule has 0 N–H and O–H groups in total. The molecule has 1 atom stereocenters. The number of hydrogen-bond acceptors (Lipinski definition) is 2. The van der Waals surface area contributed by atoms with Crippen LogP contribution >= 0.6 is 0 Å². The average molecular weight is 102 g/mol. The van der Waals surface area contributed by atoms with Crippen molar-refractivity contribution in [1.82, 2.24) is 0 Å². The fourth-order valence-electron chi connectivity index (χ4n) is 0.0556. The van der Waals surface area contributed by atoms with E-state index in [-0.39, 0.29) is 6.29 Å². The molecular formula is C3H7AlO2+2. The zero-order valence-electron chi connectivity index (χ0n) is 3.97. The Labute approximate surface area is 46.2 Å². The zero-order chi connectivity index (χ0) is 4.99. The molecule has 0 rings (SSSR count). The number of hydrogen-bond donors (Lipinski definition) is 0. The fourth-order valence-corrected chi connectivity index (χ4v) is 0.167. The van der Waals surface area contributed by atoms with Crippen molar-refractivity contribution < 1.29 is 8.53 Å². The third-order valence-electron chi connectivity index (χ3n) is 0.524. The van der Waals surface area contributed by atoms with E-state index in [1.54, 1.807) is 7.11 Å². The first kappa shape index (κ1) is 6.45. The van der Waals surface area contributed by atoms with Gasteiger partial charge in [0.1, 0.15) is 0 Å². The van der Waals surface area contributed by atoms with E-state index in [1.165, 1.54) is 0 Å². The Bertz CT molecular complexity index is 28.0. The fraction of sp³-hybridized carbons (Fsp3) is 1.00. The van der Waals surface area contributed by atoms with Crippen LogP contribution in [0.1, 0.15) is 6.92 Å². The van der Waals surface area contributed by atoms with Crippen molar-refractivity contribution >= 4 is 16.6 Å². The first-order valence-corrected chi connectivity index (χ1v) is 2.16. The van der Waals surface area contributed by atoms with E-state index < -0.39 is 0 Å². The van der Waals surface area contributed by atoms with Crippen molar-refractivity contribution in [2.75, 3.05) is 7.11 Å². The second-order valence-electron chi connectivity index (χ2n) is 0.939. The summed E-state index contributed by atoms with van der Waals surface area (Å²) in [5.74, 6) is 0. The van der Waals surface area contributed by atoms with Gasteiger partial charge in [0.25, 0.3) is 0 Å². The Morgan fingerprint density at radius 3 is 2.17 bits per heavy atom. The number of methoxy groups -OCH3 is 1. The third-order valence-corrected chi connectivity index (χ3v) is 0.907. The van der Waals surface area contributed by atoms with Crippen LogP contribution in [-0.2, 0) is 8.53 Å². The monoisotopic (exact) mass is 102 g/mol. The van der Waals surface area contributed by atoms with Gasteiger partial charge in [-0.1, -0.05) is 0 Å². The predicted molar refractivity (Wildman–Crippen MR) is 23.3 cm³/mol. The summed E-state index contributed by atoms with van der Waals surface area (Å²) in [5, 5.41) is 0. The topological polar surface area (TPSA) is 18.5 Å². The van der Waals surface area contributed by atoms with Crippen LogP contribution in [0.5, 0.6) is 0 Å². The number of rotatable bonds is 2. The van der Waals surface area contributed by atoms with E-state index in [0.717, 1.165) is 0 Å². The second kappa shape index (κ2) is 3.64. The molecule has 0 aliphatic heterocycles. The quantitative estimate of drug-likeness (QED) is 0.363. The Hall–Kier alpha value is 0.452. The maximum atomic E-state index is 4.66. The Kier molecular flexibility index (Phi) is 3.91. The second-order valence-corrected chi connectivity index (χ2v) is 1.21. The average Bonchev–Trinajstić information content (AvgIpc) is 1.65. The standard InChI is InChI=1S/C3H7O2.Al/c1-3(4)5-2;/h3H,1-2H3;/q-1;+3. The van der Waals surface area contributed by atoms with Crippen LogP contribution in [-0.4, -0.2) is 30.0 Å². The molecule has 0 aromatic rings. The van der Waals surface area contributed by atoms with Crippen LogP contribution in [0.25, 0.3) is 0 Å². The van der Waals surface area contributed by atoms with Gasteiger partial charge in [0.15, 0.2) is 0 Å². The molecule has 0 aromatic carbocycles. The Balaban J connectivity index is 2.75. The van der Waals surface area contributed by atoms with Gasteiger partial charge in [0.05, 0.1) is 0 Å². The van der Waals surface area contributed by atoms with Crippen molar-refractivity contribution in [2.45, 2.75) is 13.2 Å². The first-order chi connectivity index (χ1) is 2.81. The summed E-state index contributed by atoms with van der Waals surface area (Å²) in [7, 11) is 1.59. The molecule has 0 aromatic heterocycles. The Morgan fingerprint density at radius 2 is 2.17 bits per heavy atom. The summed E-state index contributed by atoms with van der Waals surface area (Å²) in [6, 6.07) is 0. The van der Waals surface area contributed by atoms with Crippen molar-refractivity contribution in [3.8, 4) is 0 Å². The molecule has 0 radical (unpaired) electrons. The minimum absolute atomic E-state index is 0.102. The Morgan fingerprint density at radius 1 is 1.67 bits per heavy atom. The van der Waals surface area contributed by atoms with Crippen molar-refractivity contribution in [3.05, 3.63) is 0 Å². The van der Waals surface area contributed by atoms with Gasteiger partial charge in [-0.3, -0.25) is 0 Å². The summed E-state index contributed by atoms with van der Waals surface area (Å²) < 4.78 is 9.25. The van der Waals surface area contributed by atoms with Gasteiger partial charge in [0, 0.05) is 0 Å². The molecule has 0 bridgehead atoms. The molecule has 0 aliphatic rings. The van der Waals surface area contributed by atoms with Gasteiger partial charge >= 0.3 is 45.5 Å². The summed E-state index contributed by atoms with van der Waals surface area (Å²) in [6.45, 7) is 1.81. The van der Waals surface area contributed by atoms with E-state index in [4.69, 9.17) is 0 Å². The molecule has 2 nitrogen and oxygen atoms in total. The van der Waals surface area contributed by atoms with E-state index >= 15 is 0 Å². The molecular weight excluding hydrogens is 95.0 g/mol. The first-order valence-electron chi connectivity index (χ1n) is 1.69. The molecule has 3 heteroatoms. The van der Waals surface area contributed by atoms with Crippen LogP contribution in [0, 0.1) is 0 Å². The molecule has 32 valence electrons. The van der Waals surface area contributed by atoms with Crippen LogP contribution in [0.2, 0.25) is 0 Å². The minimum atomic E-state index is -0.102. The van der Waals surface area contributed by atoms with E-state index in [1.807, 2.05) is 6.92 Å². The molecule has 0 saturated heterocycles. The third kappa shape index (κ3) is 2.68. The van der Waals surface area contributed by atoms with E-state index in [9.17, 15) is 0 Å². The predicted octanol–water partition coefficient (Wildman–Crippen LogP) is 0.0789. The summed E-state index contributed by atoms with van der Waals surface area (Å²) in [6.07, 6.45) is -0.102. The van der Waals surface area contributed by atoms with E-state index in [0.29, 0.717) is 0 Å². The zero-order valence-corrected chi connectivity index (χ0v) is 5.13. The van der Waals surface area contributed by atoms with Gasteiger partial charge in [-0.15, -0.1) is 0 Å². The van der Waals surface area contributed by atoms with Gasteiger partial charge < -0.3 is 0 Å². The summed E-state index contributed by atoms with van der Waals surface area (Å²) in [5.41, 5.74) is 0. The molecule has 0 fully saturated rings. The number of ether oxygens (including phenoxy) is 1. The molecule has 0 spiro atoms. The normalized spacial score (nSPS) is 14.7. The van der Waals surface area contributed by atoms with Crippen molar-refractivity contribution in [3.63, 3.8) is 0 Å². The molecule has 0 aliphatic carbocycles. The van der Waals surface area contributed by atoms with Gasteiger partial charge in [-0.05, 0) is 0 Å². The van der Waals surface area contributed by atoms with Crippen LogP contribution in [0.4, 0.5) is 0 Å². The van der Waals surface area contributed by atoms with Crippen molar-refractivity contribution in [1.29, 1.82) is 0 Å². The van der Waals surface area contributed by atoms with Crippen molar-refractivity contribution in [2.24, 2.45) is 0 Å².